The fourth-order valence-electron chi connectivity index (χ4n) is 3.89. The van der Waals surface area contributed by atoms with Crippen LogP contribution in [0.25, 0.3) is 17.1 Å². The number of benzene rings is 3. The maximum absolute atomic E-state index is 13.1. The van der Waals surface area contributed by atoms with Crippen LogP contribution in [0.15, 0.2) is 95.0 Å². The molecule has 0 aliphatic rings. The van der Waals surface area contributed by atoms with Crippen LogP contribution < -0.4 is 4.90 Å². The van der Waals surface area contributed by atoms with Crippen molar-refractivity contribution in [1.82, 2.24) is 19.1 Å². The molecule has 0 radical (unpaired) electrons. The second-order valence-electron chi connectivity index (χ2n) is 8.17. The summed E-state index contributed by atoms with van der Waals surface area (Å²) in [5.74, 6) is 0.578. The molecule has 4 rings (SSSR count). The van der Waals surface area contributed by atoms with Crippen molar-refractivity contribution in [3.8, 4) is 17.1 Å². The summed E-state index contributed by atoms with van der Waals surface area (Å²) in [7, 11) is -1.90. The van der Waals surface area contributed by atoms with Crippen LogP contribution >= 0.6 is 11.8 Å². The fourth-order valence-corrected chi connectivity index (χ4v) is 6.26. The maximum atomic E-state index is 13.1. The Morgan fingerprint density at radius 1 is 0.892 bits per heavy atom. The molecule has 0 bridgehead atoms. The minimum absolute atomic E-state index is 0.0762. The molecular weight excluding hydrogens is 506 g/mol. The van der Waals surface area contributed by atoms with Crippen LogP contribution in [0.2, 0.25) is 0 Å². The van der Waals surface area contributed by atoms with Crippen molar-refractivity contribution >= 4 is 33.4 Å². The summed E-state index contributed by atoms with van der Waals surface area (Å²) in [4.78, 5) is 14.7. The topological polar surface area (TPSA) is 88.4 Å². The van der Waals surface area contributed by atoms with Crippen LogP contribution in [0.4, 0.5) is 5.69 Å². The van der Waals surface area contributed by atoms with Crippen molar-refractivity contribution < 1.29 is 13.2 Å². The summed E-state index contributed by atoms with van der Waals surface area (Å²) in [6.07, 6.45) is 0. The smallest absolute Gasteiger partial charge is 0.243 e. The number of carbonyl (C=O) groups excluding carboxylic acids is 1. The van der Waals surface area contributed by atoms with E-state index in [1.807, 2.05) is 85.1 Å². The van der Waals surface area contributed by atoms with Crippen molar-refractivity contribution in [3.05, 3.63) is 84.9 Å². The SMILES string of the molecule is CCN(CC)S(=O)(=O)c1cccc(-c2nnc(SCC(=O)N(C)c3ccccc3)n2-c2ccccc2)c1. The predicted octanol–water partition coefficient (Wildman–Crippen LogP) is 4.72. The van der Waals surface area contributed by atoms with Crippen LogP contribution in [-0.4, -0.2) is 59.3 Å². The lowest BCUT2D eigenvalue weighted by molar-refractivity contribution is -0.115. The zero-order valence-corrected chi connectivity index (χ0v) is 22.6. The van der Waals surface area contributed by atoms with Gasteiger partial charge in [-0.15, -0.1) is 10.2 Å². The van der Waals surface area contributed by atoms with Gasteiger partial charge in [-0.3, -0.25) is 9.36 Å². The minimum atomic E-state index is -3.64. The molecule has 0 aliphatic carbocycles. The number of aromatic nitrogens is 3. The predicted molar refractivity (Wildman–Crippen MR) is 147 cm³/mol. The van der Waals surface area contributed by atoms with E-state index in [1.54, 1.807) is 30.1 Å². The molecule has 1 amide bonds. The summed E-state index contributed by atoms with van der Waals surface area (Å²) in [5, 5.41) is 9.32. The Morgan fingerprint density at radius 3 is 2.19 bits per heavy atom. The van der Waals surface area contributed by atoms with E-state index in [0.717, 1.165) is 11.4 Å². The first kappa shape index (κ1) is 26.6. The van der Waals surface area contributed by atoms with E-state index in [1.165, 1.54) is 16.1 Å². The lowest BCUT2D eigenvalue weighted by Gasteiger charge is -2.19. The first-order valence-electron chi connectivity index (χ1n) is 11.9. The van der Waals surface area contributed by atoms with Gasteiger partial charge in [0.15, 0.2) is 11.0 Å². The quantitative estimate of drug-likeness (QED) is 0.273. The summed E-state index contributed by atoms with van der Waals surface area (Å²) in [5.41, 5.74) is 2.24. The van der Waals surface area contributed by atoms with Gasteiger partial charge < -0.3 is 4.90 Å². The first-order valence-corrected chi connectivity index (χ1v) is 14.3. The van der Waals surface area contributed by atoms with E-state index in [4.69, 9.17) is 0 Å². The van der Waals surface area contributed by atoms with Gasteiger partial charge in [0.1, 0.15) is 0 Å². The molecule has 1 heterocycles. The lowest BCUT2D eigenvalue weighted by atomic mass is 10.2. The van der Waals surface area contributed by atoms with Crippen LogP contribution in [0.3, 0.4) is 0 Å². The molecule has 0 saturated heterocycles. The standard InChI is InChI=1S/C27H29N5O3S2/c1-4-31(5-2)37(34,35)24-18-12-13-21(19-24)26-28-29-27(32(26)23-16-10-7-11-17-23)36-20-25(33)30(3)22-14-8-6-9-15-22/h6-19H,4-5,20H2,1-3H3. The van der Waals surface area contributed by atoms with Crippen LogP contribution in [0, 0.1) is 0 Å². The number of hydrogen-bond donors (Lipinski definition) is 0. The van der Waals surface area contributed by atoms with Crippen LogP contribution in [0.5, 0.6) is 0 Å². The van der Waals surface area contributed by atoms with Gasteiger partial charge in [-0.2, -0.15) is 4.31 Å². The first-order chi connectivity index (χ1) is 17.9. The molecule has 0 spiro atoms. The van der Waals surface area contributed by atoms with E-state index in [2.05, 4.69) is 10.2 Å². The Kier molecular flexibility index (Phi) is 8.42. The Morgan fingerprint density at radius 2 is 1.54 bits per heavy atom. The normalized spacial score (nSPS) is 11.6. The number of nitrogens with zero attached hydrogens (tertiary/aromatic N) is 5. The molecular formula is C27H29N5O3S2. The highest BCUT2D eigenvalue weighted by molar-refractivity contribution is 7.99. The summed E-state index contributed by atoms with van der Waals surface area (Å²) < 4.78 is 29.5. The molecule has 37 heavy (non-hydrogen) atoms. The van der Waals surface area contributed by atoms with Gasteiger partial charge in [0, 0.05) is 37.1 Å². The van der Waals surface area contributed by atoms with Gasteiger partial charge in [0.25, 0.3) is 0 Å². The number of amides is 1. The number of hydrogen-bond acceptors (Lipinski definition) is 6. The molecule has 0 unspecified atom stereocenters. The molecule has 10 heteroatoms. The second kappa shape index (κ2) is 11.7. The molecule has 8 nitrogen and oxygen atoms in total. The molecule has 192 valence electrons. The number of carbonyl (C=O) groups is 1. The van der Waals surface area contributed by atoms with Crippen LogP contribution in [-0.2, 0) is 14.8 Å². The number of para-hydroxylation sites is 2. The molecule has 0 saturated carbocycles. The van der Waals surface area contributed by atoms with E-state index in [0.29, 0.717) is 29.6 Å². The molecule has 0 aliphatic heterocycles. The molecule has 0 N–H and O–H groups in total. The van der Waals surface area contributed by atoms with E-state index < -0.39 is 10.0 Å². The zero-order chi connectivity index (χ0) is 26.4. The monoisotopic (exact) mass is 535 g/mol. The number of anilines is 1. The Bertz CT molecular complexity index is 1450. The molecule has 0 fully saturated rings. The summed E-state index contributed by atoms with van der Waals surface area (Å²) in [6, 6.07) is 25.8. The Balaban J connectivity index is 1.68. The van der Waals surface area contributed by atoms with E-state index >= 15 is 0 Å². The minimum Gasteiger partial charge on any atom is -0.315 e. The molecule has 3 aromatic carbocycles. The van der Waals surface area contributed by atoms with Gasteiger partial charge >= 0.3 is 0 Å². The summed E-state index contributed by atoms with van der Waals surface area (Å²) in [6.45, 7) is 4.40. The second-order valence-corrected chi connectivity index (χ2v) is 11.1. The van der Waals surface area contributed by atoms with Gasteiger partial charge in [-0.25, -0.2) is 8.42 Å². The van der Waals surface area contributed by atoms with E-state index in [9.17, 15) is 13.2 Å². The maximum Gasteiger partial charge on any atom is 0.243 e. The van der Waals surface area contributed by atoms with Gasteiger partial charge in [-0.1, -0.05) is 74.1 Å². The van der Waals surface area contributed by atoms with Crippen molar-refractivity contribution in [2.24, 2.45) is 0 Å². The third kappa shape index (κ3) is 5.76. The highest BCUT2D eigenvalue weighted by Gasteiger charge is 2.24. The summed E-state index contributed by atoms with van der Waals surface area (Å²) >= 11 is 1.28. The highest BCUT2D eigenvalue weighted by Crippen LogP contribution is 2.30. The largest absolute Gasteiger partial charge is 0.315 e. The van der Waals surface area contributed by atoms with Gasteiger partial charge in [0.2, 0.25) is 15.9 Å². The average molecular weight is 536 g/mol. The average Bonchev–Trinajstić information content (AvgIpc) is 3.37. The van der Waals surface area contributed by atoms with Crippen molar-refractivity contribution in [3.63, 3.8) is 0 Å². The van der Waals surface area contributed by atoms with Gasteiger partial charge in [0.05, 0.1) is 10.6 Å². The number of rotatable bonds is 10. The highest BCUT2D eigenvalue weighted by atomic mass is 32.2. The van der Waals surface area contributed by atoms with Crippen molar-refractivity contribution in [2.75, 3.05) is 30.8 Å². The van der Waals surface area contributed by atoms with Crippen molar-refractivity contribution in [1.29, 1.82) is 0 Å². The third-order valence-electron chi connectivity index (χ3n) is 5.93. The van der Waals surface area contributed by atoms with E-state index in [-0.39, 0.29) is 16.6 Å². The lowest BCUT2D eigenvalue weighted by Crippen LogP contribution is -2.30. The Labute approximate surface area is 222 Å². The van der Waals surface area contributed by atoms with Crippen molar-refractivity contribution in [2.45, 2.75) is 23.9 Å². The molecule has 4 aromatic rings. The number of thioether (sulfide) groups is 1. The Hall–Kier alpha value is -3.47. The zero-order valence-electron chi connectivity index (χ0n) is 21.0. The third-order valence-corrected chi connectivity index (χ3v) is 8.89. The molecule has 0 atom stereocenters. The fraction of sp³-hybridized carbons (Fsp3) is 0.222. The number of sulfonamides is 1. The van der Waals surface area contributed by atoms with Crippen LogP contribution in [0.1, 0.15) is 13.8 Å². The molecule has 1 aromatic heterocycles. The van der Waals surface area contributed by atoms with Gasteiger partial charge in [-0.05, 0) is 36.4 Å².